The van der Waals surface area contributed by atoms with E-state index in [-0.39, 0.29) is 30.7 Å². The van der Waals surface area contributed by atoms with E-state index in [9.17, 15) is 40.6 Å². The molecule has 0 spiro atoms. The first-order valence-electron chi connectivity index (χ1n) is 11.3. The smallest absolute Gasteiger partial charge is 0.396 e. The van der Waals surface area contributed by atoms with Crippen molar-refractivity contribution in [1.82, 2.24) is 9.80 Å². The molecule has 1 N–H and O–H groups in total. The fraction of sp³-hybridized carbons (Fsp3) is 0.480. The second-order valence-electron chi connectivity index (χ2n) is 9.76. The molecule has 2 aromatic rings. The van der Waals surface area contributed by atoms with E-state index >= 15 is 0 Å². The second-order valence-corrected chi connectivity index (χ2v) is 9.76. The lowest BCUT2D eigenvalue weighted by atomic mass is 9.88. The molecule has 0 aromatic heterocycles. The third-order valence-corrected chi connectivity index (χ3v) is 7.59. The monoisotopic (exact) mass is 518 g/mol. The summed E-state index contributed by atoms with van der Waals surface area (Å²) in [6.45, 7) is 3.07. The summed E-state index contributed by atoms with van der Waals surface area (Å²) in [5, 5.41) is 10.1. The number of hydrogen-bond acceptors (Lipinski definition) is 2. The topological polar surface area (TPSA) is 43.8 Å². The van der Waals surface area contributed by atoms with Crippen LogP contribution in [0.4, 0.5) is 35.5 Å². The highest BCUT2D eigenvalue weighted by atomic mass is 19.4. The minimum Gasteiger partial charge on any atom is -0.396 e. The number of amides is 2. The zero-order valence-electron chi connectivity index (χ0n) is 19.7. The molecular weight excluding hydrogens is 493 g/mol. The van der Waals surface area contributed by atoms with Crippen LogP contribution < -0.4 is 0 Å². The summed E-state index contributed by atoms with van der Waals surface area (Å²) in [7, 11) is 1.31. The van der Waals surface area contributed by atoms with Gasteiger partial charge in [0.05, 0.1) is 29.8 Å². The van der Waals surface area contributed by atoms with Gasteiger partial charge in [-0.3, -0.25) is 0 Å². The Hall–Kier alpha value is -2.82. The number of nitrogens with zero attached hydrogens (tertiary/aromatic N) is 2. The fourth-order valence-electron chi connectivity index (χ4n) is 5.34. The number of fused-ring (bicyclic) bond motifs is 1. The fourth-order valence-corrected chi connectivity index (χ4v) is 5.34. The molecule has 4 nitrogen and oxygen atoms in total. The van der Waals surface area contributed by atoms with Gasteiger partial charge in [0.25, 0.3) is 0 Å². The number of urea groups is 1. The molecule has 4 unspecified atom stereocenters. The highest BCUT2D eigenvalue weighted by Crippen LogP contribution is 2.67. The number of aliphatic hydroxyl groups excluding tert-OH is 1. The van der Waals surface area contributed by atoms with Crippen LogP contribution >= 0.6 is 0 Å². The van der Waals surface area contributed by atoms with Crippen molar-refractivity contribution in [3.05, 3.63) is 70.0 Å². The van der Waals surface area contributed by atoms with Crippen molar-refractivity contribution in [1.29, 1.82) is 0 Å². The van der Waals surface area contributed by atoms with Crippen LogP contribution in [0.25, 0.3) is 0 Å². The van der Waals surface area contributed by atoms with Crippen LogP contribution in [0.1, 0.15) is 53.2 Å². The van der Waals surface area contributed by atoms with Crippen molar-refractivity contribution >= 4 is 6.03 Å². The number of benzene rings is 2. The van der Waals surface area contributed by atoms with Gasteiger partial charge in [-0.15, -0.1) is 0 Å². The molecule has 2 aliphatic rings. The maximum Gasteiger partial charge on any atom is 0.416 e. The Morgan fingerprint density at radius 3 is 2.19 bits per heavy atom. The lowest BCUT2D eigenvalue weighted by Gasteiger charge is -2.37. The van der Waals surface area contributed by atoms with E-state index in [2.05, 4.69) is 0 Å². The number of rotatable bonds is 4. The number of likely N-dealkylation sites (tertiary alicyclic amines) is 1. The minimum atomic E-state index is -5.01. The Bertz CT molecular complexity index is 1140. The van der Waals surface area contributed by atoms with Gasteiger partial charge >= 0.3 is 18.4 Å². The summed E-state index contributed by atoms with van der Waals surface area (Å²) in [6, 6.07) is 3.03. The van der Waals surface area contributed by atoms with E-state index in [0.717, 1.165) is 4.90 Å². The number of aliphatic hydroxyl groups is 1. The van der Waals surface area contributed by atoms with Gasteiger partial charge in [-0.2, -0.15) is 26.3 Å². The van der Waals surface area contributed by atoms with Gasteiger partial charge in [-0.25, -0.2) is 9.18 Å². The lowest BCUT2D eigenvalue weighted by Crippen LogP contribution is -2.44. The number of hydrogen-bond donors (Lipinski definition) is 1. The Kier molecular flexibility index (Phi) is 6.30. The third kappa shape index (κ3) is 4.42. The zero-order valence-corrected chi connectivity index (χ0v) is 19.7. The van der Waals surface area contributed by atoms with Gasteiger partial charge in [-0.1, -0.05) is 6.07 Å². The molecule has 1 saturated carbocycles. The number of piperidine rings is 1. The first-order valence-corrected chi connectivity index (χ1v) is 11.3. The molecule has 0 bridgehead atoms. The Morgan fingerprint density at radius 1 is 1.11 bits per heavy atom. The molecule has 1 aliphatic heterocycles. The van der Waals surface area contributed by atoms with E-state index < -0.39 is 52.8 Å². The molecular formula is C25H25F7N2O2. The highest BCUT2D eigenvalue weighted by molar-refractivity contribution is 5.76. The first-order chi connectivity index (χ1) is 16.6. The molecule has 196 valence electrons. The zero-order chi connectivity index (χ0) is 26.8. The van der Waals surface area contributed by atoms with Crippen LogP contribution in [0.15, 0.2) is 36.4 Å². The van der Waals surface area contributed by atoms with Crippen LogP contribution in [0.3, 0.4) is 0 Å². The van der Waals surface area contributed by atoms with E-state index in [1.54, 1.807) is 13.0 Å². The van der Waals surface area contributed by atoms with Gasteiger partial charge in [0.2, 0.25) is 0 Å². The Balaban J connectivity index is 1.68. The lowest BCUT2D eigenvalue weighted by molar-refractivity contribution is -0.143. The number of alkyl halides is 6. The Morgan fingerprint density at radius 2 is 1.69 bits per heavy atom. The van der Waals surface area contributed by atoms with E-state index in [0.29, 0.717) is 29.7 Å². The van der Waals surface area contributed by atoms with Crippen molar-refractivity contribution in [3.8, 4) is 0 Å². The molecule has 4 rings (SSSR count). The van der Waals surface area contributed by atoms with Crippen molar-refractivity contribution in [2.75, 3.05) is 20.2 Å². The van der Waals surface area contributed by atoms with Crippen LogP contribution in [0, 0.1) is 24.1 Å². The predicted octanol–water partition coefficient (Wildman–Crippen LogP) is 6.34. The molecule has 4 atom stereocenters. The van der Waals surface area contributed by atoms with Gasteiger partial charge < -0.3 is 14.9 Å². The Labute approximate surface area is 203 Å². The van der Waals surface area contributed by atoms with Gasteiger partial charge in [-0.05, 0) is 73.2 Å². The van der Waals surface area contributed by atoms with Gasteiger partial charge in [0.1, 0.15) is 5.82 Å². The highest BCUT2D eigenvalue weighted by Gasteiger charge is 2.67. The molecule has 36 heavy (non-hydrogen) atoms. The molecule has 2 amide bonds. The van der Waals surface area contributed by atoms with Crippen molar-refractivity contribution in [3.63, 3.8) is 0 Å². The summed E-state index contributed by atoms with van der Waals surface area (Å²) < 4.78 is 93.7. The largest absolute Gasteiger partial charge is 0.416 e. The van der Waals surface area contributed by atoms with E-state index in [1.165, 1.54) is 31.0 Å². The molecule has 1 heterocycles. The molecule has 0 radical (unpaired) electrons. The van der Waals surface area contributed by atoms with Gasteiger partial charge in [0.15, 0.2) is 0 Å². The van der Waals surface area contributed by atoms with Crippen molar-refractivity contribution in [2.45, 2.75) is 44.7 Å². The molecule has 11 heteroatoms. The average Bonchev–Trinajstić information content (AvgIpc) is 3.41. The molecule has 2 aromatic carbocycles. The molecule has 1 saturated heterocycles. The van der Waals surface area contributed by atoms with Gasteiger partial charge in [0, 0.05) is 19.0 Å². The summed E-state index contributed by atoms with van der Waals surface area (Å²) in [5.74, 6) is -0.483. The van der Waals surface area contributed by atoms with Crippen LogP contribution in [0.2, 0.25) is 0 Å². The first kappa shape index (κ1) is 26.2. The van der Waals surface area contributed by atoms with Crippen LogP contribution in [0.5, 0.6) is 0 Å². The summed E-state index contributed by atoms with van der Waals surface area (Å²) >= 11 is 0. The quantitative estimate of drug-likeness (QED) is 0.480. The van der Waals surface area contributed by atoms with Crippen molar-refractivity contribution in [2.24, 2.45) is 11.3 Å². The normalized spacial score (nSPS) is 24.5. The standard InChI is InChI=1S/C25H25F7N2O2/c1-13-6-19(26)4-5-20(13)21-23(12-35)10-18(23)11-34(21)22(36)33(3)14(2)15-7-16(24(27,28)29)9-17(8-15)25(30,31)32/h4-9,14,18,21,35H,10-12H2,1-3H3. The SMILES string of the molecule is Cc1cc(F)ccc1C1N(C(=O)N(C)C(C)c2cc(C(F)(F)F)cc(C(F)(F)F)c2)CC2CC21CO. The number of aryl methyl sites for hydroxylation is 1. The molecule has 1 aliphatic carbocycles. The number of carbonyl (C=O) groups is 1. The summed E-state index contributed by atoms with van der Waals surface area (Å²) in [6.07, 6.45) is -9.36. The number of carbonyl (C=O) groups excluding carboxylic acids is 1. The maximum absolute atomic E-state index is 13.7. The second kappa shape index (κ2) is 8.64. The predicted molar refractivity (Wildman–Crippen MR) is 116 cm³/mol. The average molecular weight is 518 g/mol. The van der Waals surface area contributed by atoms with Crippen molar-refractivity contribution < 1.29 is 40.6 Å². The minimum absolute atomic E-state index is 0.0185. The third-order valence-electron chi connectivity index (χ3n) is 7.59. The van der Waals surface area contributed by atoms with Crippen LogP contribution in [-0.2, 0) is 12.4 Å². The maximum atomic E-state index is 13.7. The summed E-state index contributed by atoms with van der Waals surface area (Å²) in [4.78, 5) is 16.1. The summed E-state index contributed by atoms with van der Waals surface area (Å²) in [5.41, 5.74) is -2.64. The van der Waals surface area contributed by atoms with E-state index in [1.807, 2.05) is 0 Å². The number of halogens is 7. The molecule has 2 fully saturated rings. The van der Waals surface area contributed by atoms with Crippen LogP contribution in [-0.4, -0.2) is 41.1 Å². The van der Waals surface area contributed by atoms with E-state index in [4.69, 9.17) is 0 Å².